The Kier molecular flexibility index (Phi) is 6.07. The second-order valence-corrected chi connectivity index (χ2v) is 7.96. The second kappa shape index (κ2) is 8.88. The molecule has 28 heavy (non-hydrogen) atoms. The van der Waals surface area contributed by atoms with Gasteiger partial charge in [0, 0.05) is 31.7 Å². The number of aromatic nitrogens is 2. The molecule has 2 fully saturated rings. The molecule has 148 valence electrons. The van der Waals surface area contributed by atoms with E-state index in [1.165, 1.54) is 12.8 Å². The predicted molar refractivity (Wildman–Crippen MR) is 111 cm³/mol. The Morgan fingerprint density at radius 1 is 1.07 bits per heavy atom. The monoisotopic (exact) mass is 399 g/mol. The molecular formula is C21H26ClN5O. The fraction of sp³-hybridized carbons (Fsp3) is 0.476. The molecule has 1 saturated carbocycles. The molecular weight excluding hydrogens is 374 g/mol. The highest BCUT2D eigenvalue weighted by atomic mass is 35.5. The van der Waals surface area contributed by atoms with Crippen LogP contribution in [0.2, 0.25) is 5.02 Å². The van der Waals surface area contributed by atoms with Gasteiger partial charge in [-0.15, -0.1) is 10.2 Å². The summed E-state index contributed by atoms with van der Waals surface area (Å²) in [5.41, 5.74) is 1.65. The Morgan fingerprint density at radius 3 is 2.68 bits per heavy atom. The molecule has 1 aromatic heterocycles. The molecule has 0 radical (unpaired) electrons. The van der Waals surface area contributed by atoms with E-state index in [4.69, 9.17) is 11.6 Å². The van der Waals surface area contributed by atoms with Gasteiger partial charge >= 0.3 is 0 Å². The lowest BCUT2D eigenvalue weighted by molar-refractivity contribution is -0.130. The molecule has 1 aliphatic carbocycles. The molecule has 2 aromatic rings. The lowest BCUT2D eigenvalue weighted by atomic mass is 10.1. The van der Waals surface area contributed by atoms with Crippen molar-refractivity contribution in [2.45, 2.75) is 19.3 Å². The zero-order chi connectivity index (χ0) is 19.3. The van der Waals surface area contributed by atoms with Gasteiger partial charge in [-0.25, -0.2) is 0 Å². The van der Waals surface area contributed by atoms with Crippen molar-refractivity contribution in [3.63, 3.8) is 0 Å². The number of benzene rings is 1. The summed E-state index contributed by atoms with van der Waals surface area (Å²) in [6.07, 6.45) is 3.54. The number of anilines is 1. The van der Waals surface area contributed by atoms with E-state index in [1.807, 2.05) is 41.3 Å². The zero-order valence-corrected chi connectivity index (χ0v) is 16.7. The highest BCUT2D eigenvalue weighted by molar-refractivity contribution is 6.33. The van der Waals surface area contributed by atoms with Crippen LogP contribution in [0.5, 0.6) is 0 Å². The van der Waals surface area contributed by atoms with E-state index < -0.39 is 0 Å². The number of rotatable bonds is 6. The van der Waals surface area contributed by atoms with E-state index in [0.29, 0.717) is 11.6 Å². The molecule has 2 aliphatic rings. The molecule has 1 saturated heterocycles. The first-order valence-electron chi connectivity index (χ1n) is 10.0. The summed E-state index contributed by atoms with van der Waals surface area (Å²) >= 11 is 6.25. The highest BCUT2D eigenvalue weighted by Gasteiger charge is 2.23. The summed E-state index contributed by atoms with van der Waals surface area (Å²) < 4.78 is 0. The molecule has 1 aliphatic heterocycles. The molecule has 0 unspecified atom stereocenters. The number of halogens is 1. The molecule has 0 bridgehead atoms. The van der Waals surface area contributed by atoms with Gasteiger partial charge in [0.25, 0.3) is 0 Å². The van der Waals surface area contributed by atoms with Gasteiger partial charge in [-0.1, -0.05) is 29.8 Å². The smallest absolute Gasteiger partial charge is 0.236 e. The molecule has 2 heterocycles. The quantitative estimate of drug-likeness (QED) is 0.809. The van der Waals surface area contributed by atoms with Crippen LogP contribution in [0.15, 0.2) is 36.4 Å². The number of nitrogens with one attached hydrogen (secondary N) is 1. The van der Waals surface area contributed by atoms with Gasteiger partial charge in [0.2, 0.25) is 5.91 Å². The third kappa shape index (κ3) is 4.80. The Hall–Kier alpha value is -2.18. The van der Waals surface area contributed by atoms with Gasteiger partial charge in [0.15, 0.2) is 5.82 Å². The number of hydrogen-bond donors (Lipinski definition) is 1. The van der Waals surface area contributed by atoms with E-state index in [0.717, 1.165) is 62.1 Å². The zero-order valence-electron chi connectivity index (χ0n) is 16.0. The lowest BCUT2D eigenvalue weighted by Gasteiger charge is -2.22. The largest absolute Gasteiger partial charge is 0.353 e. The van der Waals surface area contributed by atoms with Crippen molar-refractivity contribution < 1.29 is 4.79 Å². The fourth-order valence-corrected chi connectivity index (χ4v) is 3.75. The first-order valence-corrected chi connectivity index (χ1v) is 10.4. The van der Waals surface area contributed by atoms with Crippen LogP contribution in [0.1, 0.15) is 19.3 Å². The van der Waals surface area contributed by atoms with E-state index in [9.17, 15) is 4.79 Å². The van der Waals surface area contributed by atoms with Crippen LogP contribution in [-0.2, 0) is 4.79 Å². The van der Waals surface area contributed by atoms with Gasteiger partial charge in [-0.05, 0) is 49.9 Å². The molecule has 7 heteroatoms. The van der Waals surface area contributed by atoms with Gasteiger partial charge < -0.3 is 15.1 Å². The summed E-state index contributed by atoms with van der Waals surface area (Å²) in [6.45, 7) is 4.58. The molecule has 1 aromatic carbocycles. The molecule has 0 spiro atoms. The number of nitrogens with zero attached hydrogens (tertiary/aromatic N) is 4. The molecule has 0 atom stereocenters. The first kappa shape index (κ1) is 19.2. The predicted octanol–water partition coefficient (Wildman–Crippen LogP) is 2.84. The number of carbonyl (C=O) groups excluding carboxylic acids is 1. The highest BCUT2D eigenvalue weighted by Crippen LogP contribution is 2.27. The van der Waals surface area contributed by atoms with Crippen molar-refractivity contribution in [2.24, 2.45) is 5.92 Å². The van der Waals surface area contributed by atoms with Crippen molar-refractivity contribution in [1.29, 1.82) is 0 Å². The van der Waals surface area contributed by atoms with Crippen LogP contribution in [0, 0.1) is 5.92 Å². The van der Waals surface area contributed by atoms with Crippen molar-refractivity contribution >= 4 is 23.3 Å². The standard InChI is InChI=1S/C21H26ClN5O/c22-18-5-2-1-4-17(18)19-8-9-20(25-24-19)26-10-3-11-27(13-12-26)21(28)15-23-14-16-6-7-16/h1-2,4-5,8-9,16,23H,3,6-7,10-15H2. The third-order valence-electron chi connectivity index (χ3n) is 5.38. The maximum Gasteiger partial charge on any atom is 0.236 e. The van der Waals surface area contributed by atoms with Crippen LogP contribution in [0.3, 0.4) is 0 Å². The number of amides is 1. The maximum atomic E-state index is 12.4. The minimum absolute atomic E-state index is 0.197. The topological polar surface area (TPSA) is 61.4 Å². The molecule has 4 rings (SSSR count). The SMILES string of the molecule is O=C(CNCC1CC1)N1CCCN(c2ccc(-c3ccccc3Cl)nn2)CC1. The molecule has 6 nitrogen and oxygen atoms in total. The number of hydrogen-bond acceptors (Lipinski definition) is 5. The minimum atomic E-state index is 0.197. The Labute approximate surface area is 170 Å². The van der Waals surface area contributed by atoms with Crippen LogP contribution in [0.4, 0.5) is 5.82 Å². The van der Waals surface area contributed by atoms with Crippen LogP contribution in [0.25, 0.3) is 11.3 Å². The van der Waals surface area contributed by atoms with Crippen molar-refractivity contribution in [1.82, 2.24) is 20.4 Å². The summed E-state index contributed by atoms with van der Waals surface area (Å²) in [7, 11) is 0. The normalized spacial score (nSPS) is 17.5. The van der Waals surface area contributed by atoms with Crippen LogP contribution in [-0.4, -0.2) is 60.3 Å². The lowest BCUT2D eigenvalue weighted by Crippen LogP contribution is -2.41. The third-order valence-corrected chi connectivity index (χ3v) is 5.71. The summed E-state index contributed by atoms with van der Waals surface area (Å²) in [4.78, 5) is 16.6. The molecule has 1 N–H and O–H groups in total. The van der Waals surface area contributed by atoms with Gasteiger partial charge in [0.05, 0.1) is 17.3 Å². The van der Waals surface area contributed by atoms with E-state index in [2.05, 4.69) is 20.4 Å². The van der Waals surface area contributed by atoms with Crippen LogP contribution < -0.4 is 10.2 Å². The summed E-state index contributed by atoms with van der Waals surface area (Å²) in [5.74, 6) is 1.83. The maximum absolute atomic E-state index is 12.4. The fourth-order valence-electron chi connectivity index (χ4n) is 3.52. The number of carbonyl (C=O) groups is 1. The second-order valence-electron chi connectivity index (χ2n) is 7.55. The van der Waals surface area contributed by atoms with Crippen molar-refractivity contribution in [3.05, 3.63) is 41.4 Å². The Balaban J connectivity index is 1.33. The van der Waals surface area contributed by atoms with E-state index in [1.54, 1.807) is 0 Å². The van der Waals surface area contributed by atoms with Crippen LogP contribution >= 0.6 is 11.6 Å². The van der Waals surface area contributed by atoms with E-state index in [-0.39, 0.29) is 5.91 Å². The Bertz CT molecular complexity index is 809. The average molecular weight is 400 g/mol. The van der Waals surface area contributed by atoms with Gasteiger partial charge in [-0.3, -0.25) is 4.79 Å². The van der Waals surface area contributed by atoms with Gasteiger partial charge in [0.1, 0.15) is 0 Å². The van der Waals surface area contributed by atoms with Gasteiger partial charge in [-0.2, -0.15) is 0 Å². The average Bonchev–Trinajstić information content (AvgIpc) is 3.55. The minimum Gasteiger partial charge on any atom is -0.353 e. The summed E-state index contributed by atoms with van der Waals surface area (Å²) in [6, 6.07) is 11.6. The Morgan fingerprint density at radius 2 is 1.93 bits per heavy atom. The first-order chi connectivity index (χ1) is 13.7. The van der Waals surface area contributed by atoms with Crippen molar-refractivity contribution in [3.8, 4) is 11.3 Å². The molecule has 1 amide bonds. The van der Waals surface area contributed by atoms with Crippen molar-refractivity contribution in [2.75, 3.05) is 44.2 Å². The summed E-state index contributed by atoms with van der Waals surface area (Å²) in [5, 5.41) is 12.7. The van der Waals surface area contributed by atoms with E-state index >= 15 is 0 Å².